The molecule has 0 aliphatic heterocycles. The monoisotopic (exact) mass is 511 g/mol. The molecule has 4 rings (SSSR count). The second-order valence-electron chi connectivity index (χ2n) is 6.95. The van der Waals surface area contributed by atoms with Crippen LogP contribution in [-0.4, -0.2) is 19.8 Å². The maximum absolute atomic E-state index is 10.5. The molecule has 0 bridgehead atoms. The molecule has 2 aromatic carbocycles. The highest BCUT2D eigenvalue weighted by atomic mass is 35.5. The molecule has 188 valence electrons. The summed E-state index contributed by atoms with van der Waals surface area (Å²) in [6.45, 7) is 0. The van der Waals surface area contributed by atoms with Gasteiger partial charge in [0.1, 0.15) is 17.5 Å². The number of hydrogen-bond donors (Lipinski definition) is 3. The molecule has 11 nitrogen and oxygen atoms in total. The maximum Gasteiger partial charge on any atom is 0.287 e. The van der Waals surface area contributed by atoms with Crippen molar-refractivity contribution >= 4 is 40.0 Å². The molecule has 2 heterocycles. The number of rotatable bonds is 4. The first-order chi connectivity index (χ1) is 16.6. The Hall–Kier alpha value is -4.77. The summed E-state index contributed by atoms with van der Waals surface area (Å²) < 4.78 is 0. The third-order valence-corrected chi connectivity index (χ3v) is 4.47. The van der Waals surface area contributed by atoms with E-state index in [9.17, 15) is 20.2 Å². The minimum Gasteiger partial charge on any atom is -0.399 e. The number of hydrogen-bond acceptors (Lipinski definition) is 9. The molecule has 36 heavy (non-hydrogen) atoms. The standard InChI is InChI=1S/C12H11N3O2.C6H8N2.C5H3ClN2O2.CH4/c13-10-3-1-9(2-4-10)7-11-5-6-12(8-14-11)15(16)17;7-5-1-2-6(8)4-3-5;6-5-2-1-4(3-7-5)8(9)10;/h1-6,8H,7,13H2;1-4H,7-8H2;1-3H;1H4. The lowest BCUT2D eigenvalue weighted by Gasteiger charge is -2.01. The van der Waals surface area contributed by atoms with Gasteiger partial charge < -0.3 is 17.2 Å². The van der Waals surface area contributed by atoms with E-state index in [-0.39, 0.29) is 24.0 Å². The van der Waals surface area contributed by atoms with Gasteiger partial charge in [0, 0.05) is 41.3 Å². The van der Waals surface area contributed by atoms with Crippen LogP contribution in [0.25, 0.3) is 0 Å². The van der Waals surface area contributed by atoms with E-state index in [0.29, 0.717) is 12.1 Å². The van der Waals surface area contributed by atoms with E-state index in [1.807, 2.05) is 24.3 Å². The van der Waals surface area contributed by atoms with Crippen LogP contribution in [0.4, 0.5) is 28.4 Å². The van der Waals surface area contributed by atoms with Gasteiger partial charge in [-0.3, -0.25) is 25.2 Å². The average molecular weight is 512 g/mol. The molecule has 2 aromatic heterocycles. The fourth-order valence-electron chi connectivity index (χ4n) is 2.45. The Morgan fingerprint density at radius 1 is 0.667 bits per heavy atom. The number of nitrogens with zero attached hydrogens (tertiary/aromatic N) is 4. The normalized spacial score (nSPS) is 9.36. The second-order valence-corrected chi connectivity index (χ2v) is 7.33. The van der Waals surface area contributed by atoms with Crippen molar-refractivity contribution in [1.82, 2.24) is 9.97 Å². The fourth-order valence-corrected chi connectivity index (χ4v) is 2.56. The zero-order valence-corrected chi connectivity index (χ0v) is 19.1. The molecule has 0 unspecified atom stereocenters. The summed E-state index contributed by atoms with van der Waals surface area (Å²) in [6, 6.07) is 20.4. The minimum atomic E-state index is -0.524. The lowest BCUT2D eigenvalue weighted by Crippen LogP contribution is -1.95. The highest BCUT2D eigenvalue weighted by Crippen LogP contribution is 2.14. The van der Waals surface area contributed by atoms with Crippen molar-refractivity contribution < 1.29 is 9.85 Å². The molecule has 0 saturated carbocycles. The first-order valence-electron chi connectivity index (χ1n) is 9.94. The predicted molar refractivity (Wildman–Crippen MR) is 142 cm³/mol. The van der Waals surface area contributed by atoms with E-state index in [0.717, 1.165) is 28.8 Å². The fraction of sp³-hybridized carbons (Fsp3) is 0.0833. The molecule has 6 N–H and O–H groups in total. The van der Waals surface area contributed by atoms with E-state index < -0.39 is 9.85 Å². The number of aromatic nitrogens is 2. The van der Waals surface area contributed by atoms with Gasteiger partial charge in [0.15, 0.2) is 0 Å². The van der Waals surface area contributed by atoms with Crippen LogP contribution in [0.2, 0.25) is 5.15 Å². The molecule has 0 aliphatic rings. The minimum absolute atomic E-state index is 0. The molecule has 0 radical (unpaired) electrons. The molecular formula is C24H26ClN7O4. The molecular weight excluding hydrogens is 486 g/mol. The van der Waals surface area contributed by atoms with Crippen molar-refractivity contribution in [3.8, 4) is 0 Å². The summed E-state index contributed by atoms with van der Waals surface area (Å²) in [4.78, 5) is 27.1. The van der Waals surface area contributed by atoms with Crippen LogP contribution in [0.3, 0.4) is 0 Å². The summed E-state index contributed by atoms with van der Waals surface area (Å²) in [7, 11) is 0. The van der Waals surface area contributed by atoms with E-state index in [1.165, 1.54) is 24.4 Å². The molecule has 0 amide bonds. The van der Waals surface area contributed by atoms with Crippen molar-refractivity contribution in [2.45, 2.75) is 13.8 Å². The SMILES string of the molecule is C.Nc1ccc(Cc2ccc([N+](=O)[O-])cn2)cc1.Nc1ccc(N)cc1.O=[N+]([O-])c1ccc(Cl)nc1. The Morgan fingerprint density at radius 2 is 1.08 bits per heavy atom. The average Bonchev–Trinajstić information content (AvgIpc) is 2.84. The molecule has 0 atom stereocenters. The van der Waals surface area contributed by atoms with Crippen molar-refractivity contribution in [2.75, 3.05) is 17.2 Å². The Balaban J connectivity index is 0.000000291. The third-order valence-electron chi connectivity index (χ3n) is 4.24. The van der Waals surface area contributed by atoms with Gasteiger partial charge in [0.05, 0.1) is 9.85 Å². The topological polar surface area (TPSA) is 190 Å². The summed E-state index contributed by atoms with van der Waals surface area (Å²) in [5, 5.41) is 20.7. The van der Waals surface area contributed by atoms with Gasteiger partial charge in [-0.2, -0.15) is 0 Å². The van der Waals surface area contributed by atoms with Crippen LogP contribution in [0.5, 0.6) is 0 Å². The third kappa shape index (κ3) is 10.4. The summed E-state index contributed by atoms with van der Waals surface area (Å²) in [5.74, 6) is 0. The van der Waals surface area contributed by atoms with Crippen LogP contribution >= 0.6 is 11.6 Å². The lowest BCUT2D eigenvalue weighted by molar-refractivity contribution is -0.385. The maximum atomic E-state index is 10.5. The summed E-state index contributed by atoms with van der Waals surface area (Å²) in [5.41, 5.74) is 20.4. The number of nitrogens with two attached hydrogens (primary N) is 3. The molecule has 0 aliphatic carbocycles. The summed E-state index contributed by atoms with van der Waals surface area (Å²) >= 11 is 5.38. The van der Waals surface area contributed by atoms with Crippen molar-refractivity contribution in [3.05, 3.63) is 122 Å². The van der Waals surface area contributed by atoms with E-state index in [1.54, 1.807) is 30.3 Å². The number of benzene rings is 2. The molecule has 0 saturated heterocycles. The lowest BCUT2D eigenvalue weighted by atomic mass is 10.1. The van der Waals surface area contributed by atoms with Gasteiger partial charge in [-0.15, -0.1) is 0 Å². The van der Waals surface area contributed by atoms with E-state index >= 15 is 0 Å². The van der Waals surface area contributed by atoms with Gasteiger partial charge in [0.25, 0.3) is 11.4 Å². The van der Waals surface area contributed by atoms with E-state index in [4.69, 9.17) is 28.8 Å². The van der Waals surface area contributed by atoms with Gasteiger partial charge in [-0.25, -0.2) is 4.98 Å². The molecule has 0 spiro atoms. The Morgan fingerprint density at radius 3 is 1.44 bits per heavy atom. The Labute approximate surface area is 212 Å². The quantitative estimate of drug-likeness (QED) is 0.141. The zero-order chi connectivity index (χ0) is 25.8. The predicted octanol–water partition coefficient (Wildman–Crippen LogP) is 5.29. The Kier molecular flexibility index (Phi) is 11.8. The van der Waals surface area contributed by atoms with Crippen molar-refractivity contribution in [2.24, 2.45) is 0 Å². The van der Waals surface area contributed by atoms with Crippen LogP contribution in [0, 0.1) is 20.2 Å². The van der Waals surface area contributed by atoms with Crippen LogP contribution < -0.4 is 17.2 Å². The van der Waals surface area contributed by atoms with Crippen molar-refractivity contribution in [1.29, 1.82) is 0 Å². The first kappa shape index (κ1) is 29.3. The van der Waals surface area contributed by atoms with Gasteiger partial charge >= 0.3 is 0 Å². The van der Waals surface area contributed by atoms with E-state index in [2.05, 4.69) is 9.97 Å². The molecule has 0 fully saturated rings. The van der Waals surface area contributed by atoms with Crippen molar-refractivity contribution in [3.63, 3.8) is 0 Å². The van der Waals surface area contributed by atoms with Crippen LogP contribution in [0.1, 0.15) is 18.7 Å². The summed E-state index contributed by atoms with van der Waals surface area (Å²) in [6.07, 6.45) is 3.02. The number of nitrogen functional groups attached to an aromatic ring is 3. The Bertz CT molecular complexity index is 1210. The number of nitro groups is 2. The number of anilines is 3. The highest BCUT2D eigenvalue weighted by molar-refractivity contribution is 6.29. The van der Waals surface area contributed by atoms with Crippen LogP contribution in [0.15, 0.2) is 85.2 Å². The molecule has 4 aromatic rings. The number of halogens is 1. The van der Waals surface area contributed by atoms with Crippen LogP contribution in [-0.2, 0) is 6.42 Å². The molecule has 12 heteroatoms. The highest BCUT2D eigenvalue weighted by Gasteiger charge is 2.05. The van der Waals surface area contributed by atoms with Gasteiger partial charge in [0.2, 0.25) is 0 Å². The van der Waals surface area contributed by atoms with Gasteiger partial charge in [-0.05, 0) is 54.1 Å². The van der Waals surface area contributed by atoms with Gasteiger partial charge in [-0.1, -0.05) is 31.2 Å². The number of pyridine rings is 2. The smallest absolute Gasteiger partial charge is 0.287 e. The first-order valence-corrected chi connectivity index (χ1v) is 10.3. The second kappa shape index (κ2) is 14.5. The zero-order valence-electron chi connectivity index (χ0n) is 18.3. The largest absolute Gasteiger partial charge is 0.399 e.